The zero-order valence-electron chi connectivity index (χ0n) is 18.0. The molecule has 2 unspecified atom stereocenters. The zero-order valence-corrected chi connectivity index (χ0v) is 21.3. The summed E-state index contributed by atoms with van der Waals surface area (Å²) in [6.45, 7) is 27.3. The number of hydrogen-bond acceptors (Lipinski definition) is 0. The van der Waals surface area contributed by atoms with Gasteiger partial charge in [-0.15, -0.1) is 12.4 Å². The normalized spacial score (nSPS) is 23.8. The average Bonchev–Trinajstić information content (AvgIpc) is 2.88. The molecule has 0 aromatic heterocycles. The van der Waals surface area contributed by atoms with E-state index in [1.807, 2.05) is 6.56 Å². The molecule has 2 heteroatoms. The number of hydrogen-bond donors (Lipinski definition) is 0. The van der Waals surface area contributed by atoms with E-state index in [-0.39, 0.29) is 12.4 Å². The fraction of sp³-hybridized carbons (Fsp3) is 0.500. The second kappa shape index (κ2) is 8.75. The zero-order chi connectivity index (χ0) is 19.1. The molecule has 0 aromatic carbocycles. The van der Waals surface area contributed by atoms with Crippen molar-refractivity contribution in [2.75, 3.05) is 0 Å². The van der Waals surface area contributed by atoms with E-state index in [9.17, 15) is 0 Å². The van der Waals surface area contributed by atoms with Crippen LogP contribution in [0.15, 0.2) is 65.3 Å². The van der Waals surface area contributed by atoms with Gasteiger partial charge < -0.3 is 0 Å². The molecule has 2 aliphatic rings. The first-order valence-corrected chi connectivity index (χ1v) is 15.6. The van der Waals surface area contributed by atoms with Crippen LogP contribution in [0.4, 0.5) is 0 Å². The van der Waals surface area contributed by atoms with Gasteiger partial charge in [-0.3, -0.25) is 0 Å². The SMILES string of the molecule is C=C[CH2][Zr]([CH2]C=C)([C]1=C(C)C(C)=C(C)C1C)[C]1=C(C)C(C)=C(C)C1C.Cl. The van der Waals surface area contributed by atoms with Gasteiger partial charge in [-0.2, -0.15) is 0 Å². The van der Waals surface area contributed by atoms with E-state index in [1.54, 1.807) is 22.3 Å². The second-order valence-corrected chi connectivity index (χ2v) is 18.2. The summed E-state index contributed by atoms with van der Waals surface area (Å²) >= 11 is -2.89. The second-order valence-electron chi connectivity index (χ2n) is 8.20. The predicted molar refractivity (Wildman–Crippen MR) is 118 cm³/mol. The molecule has 0 heterocycles. The molecule has 0 saturated carbocycles. The summed E-state index contributed by atoms with van der Waals surface area (Å²) in [5.41, 5.74) is 9.38. The Hall–Kier alpha value is -0.387. The Labute approximate surface area is 172 Å². The Morgan fingerprint density at radius 1 is 0.692 bits per heavy atom. The molecule has 2 atom stereocenters. The van der Waals surface area contributed by atoms with E-state index in [4.69, 9.17) is 0 Å². The summed E-state index contributed by atoms with van der Waals surface area (Å²) in [4.78, 5) is 0. The van der Waals surface area contributed by atoms with Gasteiger partial charge in [0.15, 0.2) is 0 Å². The first-order chi connectivity index (χ1) is 11.7. The first-order valence-electron chi connectivity index (χ1n) is 9.65. The van der Waals surface area contributed by atoms with Gasteiger partial charge in [0.05, 0.1) is 0 Å². The van der Waals surface area contributed by atoms with E-state index in [0.717, 1.165) is 0 Å². The van der Waals surface area contributed by atoms with Crippen LogP contribution in [0.2, 0.25) is 8.26 Å². The summed E-state index contributed by atoms with van der Waals surface area (Å²) < 4.78 is 6.01. The van der Waals surface area contributed by atoms with Crippen LogP contribution in [0.1, 0.15) is 55.4 Å². The standard InChI is InChI=1S/2C9H13.2C3H5.ClH.Zr/c2*1-6-5-7(2)9(4)8(6)3;2*1-3-2;;/h2*6H,1-4H3;2*3H,1-2H2;1H;. The van der Waals surface area contributed by atoms with Crippen LogP contribution >= 0.6 is 12.4 Å². The van der Waals surface area contributed by atoms with Crippen molar-refractivity contribution in [1.29, 1.82) is 0 Å². The van der Waals surface area contributed by atoms with Gasteiger partial charge in [-0.05, 0) is 0 Å². The van der Waals surface area contributed by atoms with E-state index in [1.165, 1.54) is 19.4 Å². The van der Waals surface area contributed by atoms with Crippen molar-refractivity contribution >= 4 is 12.4 Å². The van der Waals surface area contributed by atoms with Crippen LogP contribution in [-0.2, 0) is 20.3 Å². The first kappa shape index (κ1) is 23.7. The molecule has 0 aliphatic heterocycles. The Balaban J connectivity index is 0.00000338. The third-order valence-corrected chi connectivity index (χ3v) is 21.2. The Morgan fingerprint density at radius 2 is 1.00 bits per heavy atom. The van der Waals surface area contributed by atoms with Gasteiger partial charge in [0.1, 0.15) is 0 Å². The van der Waals surface area contributed by atoms with Crippen LogP contribution in [0, 0.1) is 11.8 Å². The molecular weight excluding hydrogens is 415 g/mol. The van der Waals surface area contributed by atoms with Gasteiger partial charge in [-0.1, -0.05) is 0 Å². The van der Waals surface area contributed by atoms with E-state index in [2.05, 4.69) is 80.7 Å². The van der Waals surface area contributed by atoms with Gasteiger partial charge in [-0.25, -0.2) is 0 Å². The third-order valence-electron chi connectivity index (χ3n) is 7.30. The molecule has 0 N–H and O–H groups in total. The van der Waals surface area contributed by atoms with Crippen molar-refractivity contribution in [3.05, 3.63) is 65.3 Å². The van der Waals surface area contributed by atoms with Crippen LogP contribution < -0.4 is 0 Å². The largest absolute Gasteiger partial charge is 0.147 e. The minimum absolute atomic E-state index is 0. The van der Waals surface area contributed by atoms with Crippen LogP contribution in [0.5, 0.6) is 0 Å². The smallest absolute Gasteiger partial charge is 0.147 e. The maximum atomic E-state index is 4.19. The van der Waals surface area contributed by atoms with Crippen molar-refractivity contribution in [2.24, 2.45) is 11.8 Å². The predicted octanol–water partition coefficient (Wildman–Crippen LogP) is 8.29. The minimum atomic E-state index is -2.89. The van der Waals surface area contributed by atoms with Crippen molar-refractivity contribution < 1.29 is 20.3 Å². The van der Waals surface area contributed by atoms with Crippen LogP contribution in [0.25, 0.3) is 0 Å². The fourth-order valence-electron chi connectivity index (χ4n) is 5.44. The Bertz CT molecular complexity index is 678. The van der Waals surface area contributed by atoms with Crippen LogP contribution in [-0.4, -0.2) is 0 Å². The number of halogens is 1. The molecule has 0 radical (unpaired) electrons. The molecule has 0 aromatic rings. The molecule has 144 valence electrons. The molecule has 0 fully saturated rings. The maximum Gasteiger partial charge on any atom is -0.147 e. The summed E-state index contributed by atoms with van der Waals surface area (Å²) in [6, 6.07) is 0. The minimum Gasteiger partial charge on any atom is -0.147 e. The molecule has 2 rings (SSSR count). The van der Waals surface area contributed by atoms with Gasteiger partial charge in [0, 0.05) is 0 Å². The molecule has 0 spiro atoms. The van der Waals surface area contributed by atoms with Crippen molar-refractivity contribution in [3.63, 3.8) is 0 Å². The molecule has 0 saturated heterocycles. The monoisotopic (exact) mass is 450 g/mol. The topological polar surface area (TPSA) is 0 Å². The van der Waals surface area contributed by atoms with E-state index < -0.39 is 20.3 Å². The molecule has 0 bridgehead atoms. The van der Waals surface area contributed by atoms with Crippen LogP contribution in [0.3, 0.4) is 0 Å². The van der Waals surface area contributed by atoms with Gasteiger partial charge >= 0.3 is 161 Å². The van der Waals surface area contributed by atoms with Crippen molar-refractivity contribution in [2.45, 2.75) is 63.6 Å². The van der Waals surface area contributed by atoms with Gasteiger partial charge in [0.2, 0.25) is 0 Å². The average molecular weight is 452 g/mol. The molecule has 0 amide bonds. The summed E-state index contributed by atoms with van der Waals surface area (Å²) in [7, 11) is 0. The molecular formula is C24H37ClZr. The molecule has 0 nitrogen and oxygen atoms in total. The molecule has 26 heavy (non-hydrogen) atoms. The summed E-state index contributed by atoms with van der Waals surface area (Å²) in [5, 5.41) is 0. The van der Waals surface area contributed by atoms with E-state index >= 15 is 0 Å². The van der Waals surface area contributed by atoms with Crippen molar-refractivity contribution in [3.8, 4) is 0 Å². The van der Waals surface area contributed by atoms with Gasteiger partial charge in [0.25, 0.3) is 0 Å². The summed E-state index contributed by atoms with van der Waals surface area (Å²) in [6.07, 6.45) is 4.43. The molecule has 2 aliphatic carbocycles. The van der Waals surface area contributed by atoms with Crippen molar-refractivity contribution in [1.82, 2.24) is 0 Å². The van der Waals surface area contributed by atoms with E-state index in [0.29, 0.717) is 11.8 Å². The Kier molecular flexibility index (Phi) is 7.96. The number of rotatable bonds is 6. The maximum absolute atomic E-state index is 4.19. The Morgan fingerprint density at radius 3 is 1.19 bits per heavy atom. The number of allylic oxidation sites excluding steroid dienone is 10. The summed E-state index contributed by atoms with van der Waals surface area (Å²) in [5.74, 6) is 1.17. The third kappa shape index (κ3) is 3.40. The quantitative estimate of drug-likeness (QED) is 0.356. The fourth-order valence-corrected chi connectivity index (χ4v) is 20.7.